The van der Waals surface area contributed by atoms with Crippen LogP contribution in [-0.4, -0.2) is 10.5 Å². The molecule has 0 aliphatic rings. The summed E-state index contributed by atoms with van der Waals surface area (Å²) in [4.78, 5) is 12.1. The van der Waals surface area contributed by atoms with Gasteiger partial charge in [-0.3, -0.25) is 4.79 Å². The van der Waals surface area contributed by atoms with Crippen molar-refractivity contribution in [2.45, 2.75) is 19.9 Å². The highest BCUT2D eigenvalue weighted by Crippen LogP contribution is 2.22. The number of nitrogens with two attached hydrogens (primary N) is 1. The van der Waals surface area contributed by atoms with Crippen molar-refractivity contribution in [2.24, 2.45) is 0 Å². The van der Waals surface area contributed by atoms with Crippen molar-refractivity contribution < 1.29 is 18.0 Å². The number of aromatic nitrogens is 1. The number of benzene rings is 1. The number of halogens is 3. The van der Waals surface area contributed by atoms with Crippen molar-refractivity contribution in [3.63, 3.8) is 0 Å². The number of nitrogens with one attached hydrogen (secondary N) is 1. The first-order chi connectivity index (χ1) is 9.79. The van der Waals surface area contributed by atoms with E-state index >= 15 is 0 Å². The molecule has 0 aliphatic heterocycles. The van der Waals surface area contributed by atoms with E-state index in [-0.39, 0.29) is 11.7 Å². The number of rotatable bonds is 3. The lowest BCUT2D eigenvalue weighted by atomic mass is 10.2. The number of carbonyl (C=O) groups is 1. The van der Waals surface area contributed by atoms with E-state index in [9.17, 15) is 18.0 Å². The van der Waals surface area contributed by atoms with E-state index in [2.05, 4.69) is 5.32 Å². The topological polar surface area (TPSA) is 60.0 Å². The van der Waals surface area contributed by atoms with E-state index in [1.807, 2.05) is 13.8 Å². The third-order valence-electron chi connectivity index (χ3n) is 2.90. The molecule has 0 atom stereocenters. The largest absolute Gasteiger partial charge is 0.397 e. The van der Waals surface area contributed by atoms with Gasteiger partial charge in [0.1, 0.15) is 11.5 Å². The van der Waals surface area contributed by atoms with Gasteiger partial charge < -0.3 is 15.6 Å². The molecule has 0 unspecified atom stereocenters. The number of amides is 1. The minimum absolute atomic E-state index is 0.0582. The Hall–Kier alpha value is -2.44. The average Bonchev–Trinajstić information content (AvgIpc) is 2.77. The molecule has 0 bridgehead atoms. The summed E-state index contributed by atoms with van der Waals surface area (Å²) in [6.07, 6.45) is 1.56. The summed E-state index contributed by atoms with van der Waals surface area (Å²) in [5.74, 6) is -4.38. The first kappa shape index (κ1) is 15.0. The minimum atomic E-state index is -1.37. The minimum Gasteiger partial charge on any atom is -0.397 e. The SMILES string of the molecule is CC(C)n1cc(N)cc1C(=O)Nc1cc(F)cc(F)c1F. The standard InChI is InChI=1S/C14H14F3N3O/c1-7(2)20-6-9(18)5-12(20)14(21)19-11-4-8(15)3-10(16)13(11)17/h3-7H,18H2,1-2H3,(H,19,21). The summed E-state index contributed by atoms with van der Waals surface area (Å²) in [6.45, 7) is 3.66. The third kappa shape index (κ3) is 3.01. The fraction of sp³-hybridized carbons (Fsp3) is 0.214. The molecule has 7 heteroatoms. The normalized spacial score (nSPS) is 11.0. The zero-order valence-corrected chi connectivity index (χ0v) is 11.5. The highest BCUT2D eigenvalue weighted by Gasteiger charge is 2.18. The molecule has 2 aromatic rings. The Morgan fingerprint density at radius 3 is 2.52 bits per heavy atom. The molecule has 0 fully saturated rings. The zero-order valence-electron chi connectivity index (χ0n) is 11.5. The van der Waals surface area contributed by atoms with Crippen molar-refractivity contribution in [3.8, 4) is 0 Å². The second-order valence-corrected chi connectivity index (χ2v) is 4.86. The van der Waals surface area contributed by atoms with E-state index in [1.54, 1.807) is 10.8 Å². The van der Waals surface area contributed by atoms with Gasteiger partial charge >= 0.3 is 0 Å². The predicted octanol–water partition coefficient (Wildman–Crippen LogP) is 3.32. The van der Waals surface area contributed by atoms with E-state index < -0.39 is 29.0 Å². The Morgan fingerprint density at radius 1 is 1.24 bits per heavy atom. The van der Waals surface area contributed by atoms with Crippen LogP contribution in [0.3, 0.4) is 0 Å². The molecule has 1 amide bonds. The maximum Gasteiger partial charge on any atom is 0.272 e. The summed E-state index contributed by atoms with van der Waals surface area (Å²) in [5, 5.41) is 2.15. The second-order valence-electron chi connectivity index (χ2n) is 4.86. The number of carbonyl (C=O) groups excluding carboxylic acids is 1. The fourth-order valence-electron chi connectivity index (χ4n) is 1.94. The lowest BCUT2D eigenvalue weighted by Gasteiger charge is -2.13. The van der Waals surface area contributed by atoms with Crippen LogP contribution < -0.4 is 11.1 Å². The van der Waals surface area contributed by atoms with Gasteiger partial charge in [-0.05, 0) is 19.9 Å². The van der Waals surface area contributed by atoms with Crippen molar-refractivity contribution in [1.29, 1.82) is 0 Å². The molecular formula is C14H14F3N3O. The molecule has 0 aliphatic carbocycles. The Kier molecular flexibility index (Phi) is 3.93. The molecule has 0 radical (unpaired) electrons. The molecule has 0 saturated heterocycles. The maximum absolute atomic E-state index is 13.5. The van der Waals surface area contributed by atoms with Crippen LogP contribution in [0.2, 0.25) is 0 Å². The summed E-state index contributed by atoms with van der Waals surface area (Å²) in [5.41, 5.74) is 5.60. The first-order valence-corrected chi connectivity index (χ1v) is 6.23. The molecule has 112 valence electrons. The van der Waals surface area contributed by atoms with Gasteiger partial charge in [0.25, 0.3) is 5.91 Å². The van der Waals surface area contributed by atoms with Gasteiger partial charge in [0.2, 0.25) is 0 Å². The van der Waals surface area contributed by atoms with Gasteiger partial charge in [-0.2, -0.15) is 0 Å². The Labute approximate surface area is 119 Å². The van der Waals surface area contributed by atoms with Crippen LogP contribution in [0.4, 0.5) is 24.5 Å². The first-order valence-electron chi connectivity index (χ1n) is 6.23. The van der Waals surface area contributed by atoms with Gasteiger partial charge in [-0.25, -0.2) is 13.2 Å². The Balaban J connectivity index is 2.35. The Bertz CT molecular complexity index is 695. The van der Waals surface area contributed by atoms with E-state index in [0.717, 1.165) is 0 Å². The van der Waals surface area contributed by atoms with Gasteiger partial charge in [-0.1, -0.05) is 0 Å². The van der Waals surface area contributed by atoms with Gasteiger partial charge in [0.05, 0.1) is 11.4 Å². The van der Waals surface area contributed by atoms with Gasteiger partial charge in [0, 0.05) is 24.4 Å². The van der Waals surface area contributed by atoms with Crippen LogP contribution in [0.1, 0.15) is 30.4 Å². The lowest BCUT2D eigenvalue weighted by molar-refractivity contribution is 0.101. The van der Waals surface area contributed by atoms with Crippen LogP contribution in [0.25, 0.3) is 0 Å². The smallest absolute Gasteiger partial charge is 0.272 e. The quantitative estimate of drug-likeness (QED) is 0.854. The molecule has 21 heavy (non-hydrogen) atoms. The predicted molar refractivity (Wildman–Crippen MR) is 73.5 cm³/mol. The van der Waals surface area contributed by atoms with Crippen molar-refractivity contribution >= 4 is 17.3 Å². The summed E-state index contributed by atoms with van der Waals surface area (Å²) < 4.78 is 41.3. The molecular weight excluding hydrogens is 283 g/mol. The van der Waals surface area contributed by atoms with Crippen molar-refractivity contribution in [1.82, 2.24) is 4.57 Å². The van der Waals surface area contributed by atoms with Gasteiger partial charge in [0.15, 0.2) is 11.6 Å². The van der Waals surface area contributed by atoms with Gasteiger partial charge in [-0.15, -0.1) is 0 Å². The molecule has 4 nitrogen and oxygen atoms in total. The number of anilines is 2. The molecule has 3 N–H and O–H groups in total. The van der Waals surface area contributed by atoms with Crippen LogP contribution in [0.15, 0.2) is 24.4 Å². The van der Waals surface area contributed by atoms with Crippen LogP contribution in [-0.2, 0) is 0 Å². The van der Waals surface area contributed by atoms with Crippen LogP contribution >= 0.6 is 0 Å². The number of hydrogen-bond donors (Lipinski definition) is 2. The number of nitrogens with zero attached hydrogens (tertiary/aromatic N) is 1. The highest BCUT2D eigenvalue weighted by atomic mass is 19.2. The van der Waals surface area contributed by atoms with E-state index in [4.69, 9.17) is 5.73 Å². The average molecular weight is 297 g/mol. The highest BCUT2D eigenvalue weighted by molar-refractivity contribution is 6.04. The van der Waals surface area contributed by atoms with Crippen LogP contribution in [0.5, 0.6) is 0 Å². The molecule has 1 aromatic heterocycles. The molecule has 1 aromatic carbocycles. The maximum atomic E-state index is 13.5. The molecule has 2 rings (SSSR count). The molecule has 0 saturated carbocycles. The molecule has 0 spiro atoms. The lowest BCUT2D eigenvalue weighted by Crippen LogP contribution is -2.18. The fourth-order valence-corrected chi connectivity index (χ4v) is 1.94. The Morgan fingerprint density at radius 2 is 1.90 bits per heavy atom. The van der Waals surface area contributed by atoms with Crippen LogP contribution in [0, 0.1) is 17.5 Å². The second kappa shape index (κ2) is 5.51. The number of hydrogen-bond acceptors (Lipinski definition) is 2. The monoisotopic (exact) mass is 297 g/mol. The zero-order chi connectivity index (χ0) is 15.7. The van der Waals surface area contributed by atoms with E-state index in [1.165, 1.54) is 6.07 Å². The van der Waals surface area contributed by atoms with E-state index in [0.29, 0.717) is 17.8 Å². The summed E-state index contributed by atoms with van der Waals surface area (Å²) >= 11 is 0. The summed E-state index contributed by atoms with van der Waals surface area (Å²) in [7, 11) is 0. The third-order valence-corrected chi connectivity index (χ3v) is 2.90. The van der Waals surface area contributed by atoms with Crippen molar-refractivity contribution in [2.75, 3.05) is 11.1 Å². The summed E-state index contributed by atoms with van der Waals surface area (Å²) in [6, 6.07) is 2.46. The molecule has 1 heterocycles. The number of nitrogen functional groups attached to an aromatic ring is 1. The van der Waals surface area contributed by atoms with Crippen molar-refractivity contribution in [3.05, 3.63) is 47.5 Å².